The number of amides is 1. The fourth-order valence-corrected chi connectivity index (χ4v) is 2.07. The van der Waals surface area contributed by atoms with E-state index in [0.29, 0.717) is 12.3 Å². The van der Waals surface area contributed by atoms with Crippen molar-refractivity contribution in [1.82, 2.24) is 5.32 Å². The predicted molar refractivity (Wildman–Crippen MR) is 69.4 cm³/mol. The van der Waals surface area contributed by atoms with Gasteiger partial charge >= 0.3 is 5.97 Å². The fraction of sp³-hybridized carbons (Fsp3) is 0.385. The second-order valence-corrected chi connectivity index (χ2v) is 4.38. The van der Waals surface area contributed by atoms with E-state index in [1.54, 1.807) is 36.3 Å². The number of nitrogens with one attached hydrogen (secondary N) is 1. The minimum Gasteiger partial charge on any atom is -0.497 e. The fourth-order valence-electron chi connectivity index (χ4n) is 2.07. The summed E-state index contributed by atoms with van der Waals surface area (Å²) in [6, 6.07) is 6.91. The van der Waals surface area contributed by atoms with Crippen LogP contribution in [-0.2, 0) is 9.59 Å². The van der Waals surface area contributed by atoms with Gasteiger partial charge in [0.2, 0.25) is 5.91 Å². The van der Waals surface area contributed by atoms with E-state index >= 15 is 0 Å². The maximum absolute atomic E-state index is 11.9. The summed E-state index contributed by atoms with van der Waals surface area (Å²) < 4.78 is 5.06. The molecule has 1 atom stereocenters. The van der Waals surface area contributed by atoms with Crippen molar-refractivity contribution in [3.05, 3.63) is 24.3 Å². The zero-order chi connectivity index (χ0) is 13.8. The van der Waals surface area contributed by atoms with Crippen LogP contribution in [0.3, 0.4) is 0 Å². The van der Waals surface area contributed by atoms with Crippen molar-refractivity contribution in [1.29, 1.82) is 0 Å². The van der Waals surface area contributed by atoms with Gasteiger partial charge in [0.1, 0.15) is 5.75 Å². The Balaban J connectivity index is 2.11. The van der Waals surface area contributed by atoms with E-state index in [1.165, 1.54) is 0 Å². The van der Waals surface area contributed by atoms with E-state index in [4.69, 9.17) is 9.84 Å². The van der Waals surface area contributed by atoms with E-state index in [1.807, 2.05) is 0 Å². The number of anilines is 1. The molecule has 1 aromatic rings. The summed E-state index contributed by atoms with van der Waals surface area (Å²) in [6.45, 7) is 0.515. The number of carbonyl (C=O) groups excluding carboxylic acids is 1. The monoisotopic (exact) mass is 264 g/mol. The first kappa shape index (κ1) is 13.4. The van der Waals surface area contributed by atoms with Gasteiger partial charge in [0.25, 0.3) is 0 Å². The first-order valence-corrected chi connectivity index (χ1v) is 5.99. The number of rotatable bonds is 4. The zero-order valence-electron chi connectivity index (χ0n) is 10.6. The van der Waals surface area contributed by atoms with Crippen molar-refractivity contribution in [3.8, 4) is 5.75 Å². The van der Waals surface area contributed by atoms with Crippen molar-refractivity contribution < 1.29 is 19.4 Å². The Kier molecular flexibility index (Phi) is 4.01. The molecule has 1 heterocycles. The standard InChI is InChI=1S/C13H16N2O4/c1-19-11-4-2-10(3-5-11)15-8-9(6-13(17)18)14-7-12(15)16/h2-5,9,14H,6-8H2,1H3,(H,17,18). The molecule has 6 nitrogen and oxygen atoms in total. The third-order valence-corrected chi connectivity index (χ3v) is 3.05. The highest BCUT2D eigenvalue weighted by Crippen LogP contribution is 2.21. The summed E-state index contributed by atoms with van der Waals surface area (Å²) in [7, 11) is 1.58. The van der Waals surface area contributed by atoms with Crippen LogP contribution >= 0.6 is 0 Å². The number of methoxy groups -OCH3 is 1. The highest BCUT2D eigenvalue weighted by atomic mass is 16.5. The molecule has 19 heavy (non-hydrogen) atoms. The number of nitrogens with zero attached hydrogens (tertiary/aromatic N) is 1. The Labute approximate surface area is 111 Å². The summed E-state index contributed by atoms with van der Waals surface area (Å²) in [6.07, 6.45) is -0.0000648. The van der Waals surface area contributed by atoms with Crippen LogP contribution in [0, 0.1) is 0 Å². The van der Waals surface area contributed by atoms with Crippen LogP contribution in [-0.4, -0.2) is 43.2 Å². The lowest BCUT2D eigenvalue weighted by Crippen LogP contribution is -2.54. The van der Waals surface area contributed by atoms with Gasteiger partial charge in [-0.1, -0.05) is 0 Å². The van der Waals surface area contributed by atoms with Crippen LogP contribution in [0.2, 0.25) is 0 Å². The van der Waals surface area contributed by atoms with Crippen LogP contribution in [0.4, 0.5) is 5.69 Å². The molecule has 102 valence electrons. The Morgan fingerprint density at radius 2 is 2.16 bits per heavy atom. The van der Waals surface area contributed by atoms with Crippen molar-refractivity contribution in [3.63, 3.8) is 0 Å². The maximum Gasteiger partial charge on any atom is 0.304 e. The highest BCUT2D eigenvalue weighted by molar-refractivity contribution is 5.95. The number of carbonyl (C=O) groups is 2. The summed E-state index contributed by atoms with van der Waals surface area (Å²) in [5, 5.41) is 11.7. The molecule has 0 spiro atoms. The first-order chi connectivity index (χ1) is 9.10. The first-order valence-electron chi connectivity index (χ1n) is 5.99. The van der Waals surface area contributed by atoms with Crippen LogP contribution in [0.1, 0.15) is 6.42 Å². The Morgan fingerprint density at radius 3 is 2.74 bits per heavy atom. The lowest BCUT2D eigenvalue weighted by Gasteiger charge is -2.33. The molecule has 1 amide bonds. The van der Waals surface area contributed by atoms with Crippen LogP contribution in [0.15, 0.2) is 24.3 Å². The molecule has 0 aliphatic carbocycles. The molecule has 1 aliphatic heterocycles. The Hall–Kier alpha value is -2.08. The van der Waals surface area contributed by atoms with Crippen molar-refractivity contribution in [2.24, 2.45) is 0 Å². The summed E-state index contributed by atoms with van der Waals surface area (Å²) in [4.78, 5) is 24.2. The summed E-state index contributed by atoms with van der Waals surface area (Å²) >= 11 is 0. The van der Waals surface area contributed by atoms with Crippen LogP contribution < -0.4 is 15.0 Å². The molecular formula is C13H16N2O4. The minimum absolute atomic E-state index is 0.0000648. The number of benzene rings is 1. The topological polar surface area (TPSA) is 78.9 Å². The third kappa shape index (κ3) is 3.23. The summed E-state index contributed by atoms with van der Waals surface area (Å²) in [5.41, 5.74) is 0.752. The molecule has 6 heteroatoms. The number of aliphatic carboxylic acids is 1. The van der Waals surface area contributed by atoms with Gasteiger partial charge in [-0.25, -0.2) is 0 Å². The van der Waals surface area contributed by atoms with Gasteiger partial charge in [-0.15, -0.1) is 0 Å². The average molecular weight is 264 g/mol. The third-order valence-electron chi connectivity index (χ3n) is 3.05. The predicted octanol–water partition coefficient (Wildman–Crippen LogP) is 0.475. The maximum atomic E-state index is 11.9. The van der Waals surface area contributed by atoms with Gasteiger partial charge in [-0.3, -0.25) is 9.59 Å². The molecule has 2 rings (SSSR count). The number of hydrogen-bond acceptors (Lipinski definition) is 4. The number of carboxylic acid groups (broad SMARTS) is 1. The molecule has 2 N–H and O–H groups in total. The van der Waals surface area contributed by atoms with Gasteiger partial charge in [-0.05, 0) is 24.3 Å². The van der Waals surface area contributed by atoms with E-state index in [9.17, 15) is 9.59 Å². The van der Waals surface area contributed by atoms with Crippen LogP contribution in [0.5, 0.6) is 5.75 Å². The number of hydrogen-bond donors (Lipinski definition) is 2. The van der Waals surface area contributed by atoms with Crippen LogP contribution in [0.25, 0.3) is 0 Å². The number of piperazine rings is 1. The van der Waals surface area contributed by atoms with E-state index in [2.05, 4.69) is 5.32 Å². The van der Waals surface area contributed by atoms with E-state index < -0.39 is 5.97 Å². The van der Waals surface area contributed by atoms with E-state index in [0.717, 1.165) is 5.69 Å². The van der Waals surface area contributed by atoms with Gasteiger partial charge in [0.05, 0.1) is 20.1 Å². The second-order valence-electron chi connectivity index (χ2n) is 4.38. The highest BCUT2D eigenvalue weighted by Gasteiger charge is 2.27. The van der Waals surface area contributed by atoms with E-state index in [-0.39, 0.29) is 24.9 Å². The molecule has 0 aromatic heterocycles. The molecule has 0 bridgehead atoms. The molecular weight excluding hydrogens is 248 g/mol. The lowest BCUT2D eigenvalue weighted by molar-refractivity contribution is -0.138. The molecule has 1 unspecified atom stereocenters. The molecule has 0 radical (unpaired) electrons. The Morgan fingerprint density at radius 1 is 1.47 bits per heavy atom. The van der Waals surface area contributed by atoms with Gasteiger partial charge in [0.15, 0.2) is 0 Å². The molecule has 1 aliphatic rings. The van der Waals surface area contributed by atoms with Crippen molar-refractivity contribution in [2.45, 2.75) is 12.5 Å². The average Bonchev–Trinajstić information content (AvgIpc) is 2.40. The quantitative estimate of drug-likeness (QED) is 0.826. The molecule has 1 aromatic carbocycles. The second kappa shape index (κ2) is 5.71. The van der Waals surface area contributed by atoms with Crippen molar-refractivity contribution in [2.75, 3.05) is 25.1 Å². The molecule has 1 saturated heterocycles. The lowest BCUT2D eigenvalue weighted by atomic mass is 10.1. The Bertz CT molecular complexity index is 472. The van der Waals surface area contributed by atoms with Gasteiger partial charge < -0.3 is 20.1 Å². The van der Waals surface area contributed by atoms with Gasteiger partial charge in [-0.2, -0.15) is 0 Å². The SMILES string of the molecule is COc1ccc(N2CC(CC(=O)O)NCC2=O)cc1. The largest absolute Gasteiger partial charge is 0.497 e. The number of carboxylic acids is 1. The molecule has 1 fully saturated rings. The van der Waals surface area contributed by atoms with Crippen molar-refractivity contribution >= 4 is 17.6 Å². The van der Waals surface area contributed by atoms with Gasteiger partial charge in [0, 0.05) is 18.3 Å². The minimum atomic E-state index is -0.874. The zero-order valence-corrected chi connectivity index (χ0v) is 10.6. The normalized spacial score (nSPS) is 19.3. The number of ether oxygens (including phenoxy) is 1. The smallest absolute Gasteiger partial charge is 0.304 e. The molecule has 0 saturated carbocycles. The summed E-state index contributed by atoms with van der Waals surface area (Å²) in [5.74, 6) is -0.221.